The van der Waals surface area contributed by atoms with E-state index in [9.17, 15) is 14.4 Å². The summed E-state index contributed by atoms with van der Waals surface area (Å²) in [6.45, 7) is 5.00. The highest BCUT2D eigenvalue weighted by Crippen LogP contribution is 2.33. The number of primary amides is 1. The van der Waals surface area contributed by atoms with Gasteiger partial charge in [-0.3, -0.25) is 14.2 Å². The SMILES string of the molecule is Cc1cccc(N2C[C@@H](C)Cn3c2nc2c3c(=O)n(CC(N)=O)c(=O)n2C)c1. The third-order valence-electron chi connectivity index (χ3n) is 5.07. The number of hydrogen-bond acceptors (Lipinski definition) is 5. The lowest BCUT2D eigenvalue weighted by atomic mass is 10.1. The molecule has 3 heterocycles. The van der Waals surface area contributed by atoms with Crippen LogP contribution in [0.15, 0.2) is 33.9 Å². The number of rotatable bonds is 3. The number of anilines is 2. The molecule has 9 heteroatoms. The number of benzene rings is 1. The highest BCUT2D eigenvalue weighted by Gasteiger charge is 2.30. The Kier molecular flexibility index (Phi) is 4.10. The summed E-state index contributed by atoms with van der Waals surface area (Å²) in [4.78, 5) is 43.7. The summed E-state index contributed by atoms with van der Waals surface area (Å²) in [7, 11) is 1.54. The second-order valence-electron chi connectivity index (χ2n) is 7.45. The molecule has 0 unspecified atom stereocenters. The number of carbonyl (C=O) groups excluding carboxylic acids is 1. The zero-order valence-corrected chi connectivity index (χ0v) is 16.0. The van der Waals surface area contributed by atoms with E-state index in [2.05, 4.69) is 22.9 Å². The zero-order valence-electron chi connectivity index (χ0n) is 16.0. The van der Waals surface area contributed by atoms with Crippen LogP contribution in [0.5, 0.6) is 0 Å². The van der Waals surface area contributed by atoms with Crippen molar-refractivity contribution in [3.63, 3.8) is 0 Å². The number of amides is 1. The molecule has 0 saturated carbocycles. The summed E-state index contributed by atoms with van der Waals surface area (Å²) in [5.41, 5.74) is 6.78. The quantitative estimate of drug-likeness (QED) is 0.709. The lowest BCUT2D eigenvalue weighted by Crippen LogP contribution is -2.43. The van der Waals surface area contributed by atoms with Crippen LogP contribution in [0.2, 0.25) is 0 Å². The minimum atomic E-state index is -0.744. The van der Waals surface area contributed by atoms with Gasteiger partial charge in [-0.25, -0.2) is 9.36 Å². The molecule has 28 heavy (non-hydrogen) atoms. The summed E-state index contributed by atoms with van der Waals surface area (Å²) in [6.07, 6.45) is 0. The van der Waals surface area contributed by atoms with Gasteiger partial charge in [0.15, 0.2) is 11.2 Å². The van der Waals surface area contributed by atoms with Crippen molar-refractivity contribution < 1.29 is 4.79 Å². The van der Waals surface area contributed by atoms with Gasteiger partial charge in [0.2, 0.25) is 11.9 Å². The van der Waals surface area contributed by atoms with E-state index in [4.69, 9.17) is 5.73 Å². The minimum absolute atomic E-state index is 0.256. The maximum atomic E-state index is 13.0. The van der Waals surface area contributed by atoms with Crippen molar-refractivity contribution in [2.75, 3.05) is 11.4 Å². The molecule has 1 aromatic carbocycles. The molecule has 9 nitrogen and oxygen atoms in total. The summed E-state index contributed by atoms with van der Waals surface area (Å²) >= 11 is 0. The third kappa shape index (κ3) is 2.70. The van der Waals surface area contributed by atoms with Crippen LogP contribution in [0.3, 0.4) is 0 Å². The Labute approximate surface area is 160 Å². The van der Waals surface area contributed by atoms with Crippen molar-refractivity contribution in [3.05, 3.63) is 50.7 Å². The smallest absolute Gasteiger partial charge is 0.332 e. The molecule has 1 amide bonds. The van der Waals surface area contributed by atoms with Gasteiger partial charge in [-0.05, 0) is 30.5 Å². The molecule has 2 N–H and O–H groups in total. The highest BCUT2D eigenvalue weighted by molar-refractivity contribution is 5.78. The van der Waals surface area contributed by atoms with Crippen LogP contribution in [-0.4, -0.2) is 31.1 Å². The first-order valence-electron chi connectivity index (χ1n) is 9.10. The molecule has 1 aliphatic rings. The van der Waals surface area contributed by atoms with Gasteiger partial charge in [0.05, 0.1) is 0 Å². The van der Waals surface area contributed by atoms with Gasteiger partial charge in [-0.1, -0.05) is 19.1 Å². The number of nitrogens with two attached hydrogens (primary N) is 1. The van der Waals surface area contributed by atoms with Crippen molar-refractivity contribution in [3.8, 4) is 0 Å². The zero-order chi connectivity index (χ0) is 20.2. The van der Waals surface area contributed by atoms with Crippen molar-refractivity contribution >= 4 is 28.7 Å². The second kappa shape index (κ2) is 6.36. The summed E-state index contributed by atoms with van der Waals surface area (Å²) in [5, 5.41) is 0. The first-order chi connectivity index (χ1) is 13.3. The standard InChI is InChI=1S/C19H22N6O3/c1-11-5-4-6-13(7-11)23-8-12(2)9-24-15-16(21-18(23)24)22(3)19(28)25(17(15)27)10-14(20)26/h4-7,12H,8-10H2,1-3H3,(H2,20,26)/t12-/m1/s1. The van der Waals surface area contributed by atoms with E-state index >= 15 is 0 Å². The Bertz CT molecular complexity index is 1220. The molecular formula is C19H22N6O3. The van der Waals surface area contributed by atoms with E-state index in [1.165, 1.54) is 4.57 Å². The van der Waals surface area contributed by atoms with E-state index in [0.29, 0.717) is 23.7 Å². The molecular weight excluding hydrogens is 360 g/mol. The lowest BCUT2D eigenvalue weighted by molar-refractivity contribution is -0.118. The van der Waals surface area contributed by atoms with Gasteiger partial charge in [-0.2, -0.15) is 4.98 Å². The maximum absolute atomic E-state index is 13.0. The van der Waals surface area contributed by atoms with E-state index < -0.39 is 23.7 Å². The summed E-state index contributed by atoms with van der Waals surface area (Å²) < 4.78 is 4.01. The molecule has 0 radical (unpaired) electrons. The Morgan fingerprint density at radius 2 is 2.04 bits per heavy atom. The molecule has 1 aliphatic heterocycles. The van der Waals surface area contributed by atoms with Crippen molar-refractivity contribution in [2.24, 2.45) is 18.7 Å². The van der Waals surface area contributed by atoms with Gasteiger partial charge < -0.3 is 15.2 Å². The van der Waals surface area contributed by atoms with Crippen LogP contribution in [0.4, 0.5) is 11.6 Å². The average molecular weight is 382 g/mol. The number of imidazole rings is 1. The fourth-order valence-electron chi connectivity index (χ4n) is 3.81. The number of carbonyl (C=O) groups is 1. The van der Waals surface area contributed by atoms with Gasteiger partial charge in [0.1, 0.15) is 6.54 Å². The van der Waals surface area contributed by atoms with Crippen molar-refractivity contribution in [1.82, 2.24) is 18.7 Å². The van der Waals surface area contributed by atoms with Crippen LogP contribution in [0.1, 0.15) is 12.5 Å². The summed E-state index contributed by atoms with van der Waals surface area (Å²) in [5.74, 6) is 0.126. The number of fused-ring (bicyclic) bond motifs is 3. The fourth-order valence-corrected chi connectivity index (χ4v) is 3.81. The van der Waals surface area contributed by atoms with E-state index in [0.717, 1.165) is 22.4 Å². The number of aromatic nitrogens is 4. The number of hydrogen-bond donors (Lipinski definition) is 1. The molecule has 0 saturated heterocycles. The van der Waals surface area contributed by atoms with Crippen LogP contribution < -0.4 is 21.9 Å². The molecule has 146 valence electrons. The van der Waals surface area contributed by atoms with E-state index in [-0.39, 0.29) is 5.92 Å². The Morgan fingerprint density at radius 3 is 2.71 bits per heavy atom. The molecule has 4 rings (SSSR count). The first kappa shape index (κ1) is 18.0. The van der Waals surface area contributed by atoms with Gasteiger partial charge >= 0.3 is 5.69 Å². The lowest BCUT2D eigenvalue weighted by Gasteiger charge is -2.33. The highest BCUT2D eigenvalue weighted by atomic mass is 16.2. The molecule has 0 bridgehead atoms. The second-order valence-corrected chi connectivity index (χ2v) is 7.45. The number of aryl methyl sites for hydroxylation is 2. The predicted molar refractivity (Wildman–Crippen MR) is 106 cm³/mol. The summed E-state index contributed by atoms with van der Waals surface area (Å²) in [6, 6.07) is 8.06. The predicted octanol–water partition coefficient (Wildman–Crippen LogP) is 0.478. The third-order valence-corrected chi connectivity index (χ3v) is 5.07. The first-order valence-corrected chi connectivity index (χ1v) is 9.10. The Balaban J connectivity index is 2.02. The molecule has 3 aromatic rings. The average Bonchev–Trinajstić information content (AvgIpc) is 3.02. The maximum Gasteiger partial charge on any atom is 0.332 e. The van der Waals surface area contributed by atoms with Crippen LogP contribution in [-0.2, 0) is 24.9 Å². The van der Waals surface area contributed by atoms with E-state index in [1.807, 2.05) is 29.7 Å². The van der Waals surface area contributed by atoms with Crippen LogP contribution in [0.25, 0.3) is 11.2 Å². The Hall–Kier alpha value is -3.36. The fraction of sp³-hybridized carbons (Fsp3) is 0.368. The normalized spacial score (nSPS) is 16.4. The van der Waals surface area contributed by atoms with Gasteiger partial charge in [-0.15, -0.1) is 0 Å². The van der Waals surface area contributed by atoms with Gasteiger partial charge in [0.25, 0.3) is 5.56 Å². The Morgan fingerprint density at radius 1 is 1.29 bits per heavy atom. The molecule has 0 fully saturated rings. The van der Waals surface area contributed by atoms with Crippen LogP contribution in [0, 0.1) is 12.8 Å². The van der Waals surface area contributed by atoms with Gasteiger partial charge in [0, 0.05) is 25.8 Å². The molecule has 0 aliphatic carbocycles. The van der Waals surface area contributed by atoms with E-state index in [1.54, 1.807) is 7.05 Å². The largest absolute Gasteiger partial charge is 0.368 e. The minimum Gasteiger partial charge on any atom is -0.368 e. The molecule has 0 spiro atoms. The molecule has 1 atom stereocenters. The van der Waals surface area contributed by atoms with Crippen molar-refractivity contribution in [2.45, 2.75) is 26.9 Å². The monoisotopic (exact) mass is 382 g/mol. The number of nitrogens with zero attached hydrogens (tertiary/aromatic N) is 5. The molecule has 2 aromatic heterocycles. The van der Waals surface area contributed by atoms with Crippen molar-refractivity contribution in [1.29, 1.82) is 0 Å². The topological polar surface area (TPSA) is 108 Å². The van der Waals surface area contributed by atoms with Crippen LogP contribution >= 0.6 is 0 Å².